The van der Waals surface area contributed by atoms with Crippen LogP contribution in [0.5, 0.6) is 0 Å². The molecule has 0 aliphatic rings. The van der Waals surface area contributed by atoms with E-state index in [1.807, 2.05) is 6.92 Å². The number of hydroxylamine groups is 1. The predicted octanol–water partition coefficient (Wildman–Crippen LogP) is 3.91. The minimum Gasteiger partial charge on any atom is -0.391 e. The van der Waals surface area contributed by atoms with E-state index in [1.54, 1.807) is 20.8 Å². The summed E-state index contributed by atoms with van der Waals surface area (Å²) in [7, 11) is 0. The standard InChI is InChI=1S/C15H25NO3.C4H10O.H2/c1-3-11-18-19-12-10-15-8-6-14(7-9-15)5-4-13(2)16-17;1-4(2,3)5;/h6-9,13,16-17H,3-5,10-12H2,1-2H3;5H,1-3H3;1H/t13-;;/m1../s1. The Labute approximate surface area is 148 Å². The summed E-state index contributed by atoms with van der Waals surface area (Å²) >= 11 is 0. The molecule has 0 saturated carbocycles. The molecule has 0 amide bonds. The highest BCUT2D eigenvalue weighted by Gasteiger charge is 2.01. The molecule has 0 aromatic heterocycles. The molecule has 0 spiro atoms. The van der Waals surface area contributed by atoms with Crippen molar-refractivity contribution in [3.8, 4) is 0 Å². The van der Waals surface area contributed by atoms with E-state index in [-0.39, 0.29) is 7.47 Å². The Balaban J connectivity index is 0. The van der Waals surface area contributed by atoms with E-state index in [0.29, 0.717) is 13.2 Å². The minimum atomic E-state index is -0.500. The van der Waals surface area contributed by atoms with Crippen LogP contribution in [0, 0.1) is 0 Å². The Kier molecular flexibility index (Phi) is 12.8. The van der Waals surface area contributed by atoms with Crippen LogP contribution in [0.4, 0.5) is 0 Å². The average Bonchev–Trinajstić information content (AvgIpc) is 2.52. The third kappa shape index (κ3) is 15.9. The van der Waals surface area contributed by atoms with Gasteiger partial charge in [0.15, 0.2) is 0 Å². The molecule has 142 valence electrons. The fourth-order valence-corrected chi connectivity index (χ4v) is 1.68. The first kappa shape index (κ1) is 23.0. The van der Waals surface area contributed by atoms with Crippen molar-refractivity contribution in [3.63, 3.8) is 0 Å². The van der Waals surface area contributed by atoms with Gasteiger partial charge >= 0.3 is 0 Å². The molecule has 0 aliphatic carbocycles. The molecule has 24 heavy (non-hydrogen) atoms. The molecule has 3 N–H and O–H groups in total. The predicted molar refractivity (Wildman–Crippen MR) is 99.1 cm³/mol. The van der Waals surface area contributed by atoms with Gasteiger partial charge in [-0.05, 0) is 64.5 Å². The smallest absolute Gasteiger partial charge is 0.0862 e. The van der Waals surface area contributed by atoms with Crippen molar-refractivity contribution < 1.29 is 21.5 Å². The van der Waals surface area contributed by atoms with Gasteiger partial charge in [-0.25, -0.2) is 15.3 Å². The maximum absolute atomic E-state index is 8.74. The summed E-state index contributed by atoms with van der Waals surface area (Å²) in [5, 5.41) is 17.3. The van der Waals surface area contributed by atoms with Crippen LogP contribution in [0.25, 0.3) is 0 Å². The van der Waals surface area contributed by atoms with Gasteiger partial charge in [0, 0.05) is 7.47 Å². The van der Waals surface area contributed by atoms with E-state index in [2.05, 4.69) is 36.7 Å². The normalized spacial score (nSPS) is 12.5. The summed E-state index contributed by atoms with van der Waals surface area (Å²) in [4.78, 5) is 10.0. The Morgan fingerprint density at radius 2 is 1.50 bits per heavy atom. The first-order valence-corrected chi connectivity index (χ1v) is 8.70. The van der Waals surface area contributed by atoms with Crippen LogP contribution < -0.4 is 5.48 Å². The van der Waals surface area contributed by atoms with Crippen LogP contribution in [0.15, 0.2) is 24.3 Å². The Hall–Kier alpha value is -0.980. The van der Waals surface area contributed by atoms with Crippen molar-refractivity contribution >= 4 is 0 Å². The number of rotatable bonds is 10. The van der Waals surface area contributed by atoms with Crippen LogP contribution in [-0.2, 0) is 22.6 Å². The molecule has 5 nitrogen and oxygen atoms in total. The second-order valence-corrected chi connectivity index (χ2v) is 6.95. The first-order chi connectivity index (χ1) is 11.3. The number of hydrogen-bond donors (Lipinski definition) is 3. The Morgan fingerprint density at radius 3 is 1.96 bits per heavy atom. The monoisotopic (exact) mass is 343 g/mol. The highest BCUT2D eigenvalue weighted by Crippen LogP contribution is 2.09. The molecular weight excluding hydrogens is 306 g/mol. The largest absolute Gasteiger partial charge is 0.391 e. The van der Waals surface area contributed by atoms with E-state index in [0.717, 1.165) is 25.7 Å². The lowest BCUT2D eigenvalue weighted by atomic mass is 10.0. The second-order valence-electron chi connectivity index (χ2n) is 6.95. The highest BCUT2D eigenvalue weighted by molar-refractivity contribution is 5.22. The average molecular weight is 344 g/mol. The van der Waals surface area contributed by atoms with Gasteiger partial charge in [-0.15, -0.1) is 0 Å². The zero-order chi connectivity index (χ0) is 18.4. The van der Waals surface area contributed by atoms with Gasteiger partial charge < -0.3 is 10.3 Å². The SMILES string of the molecule is CC(C)(C)O.CCCOOCCc1ccc(CC[C@@H](C)NO)cc1.[HH]. The molecule has 1 aromatic rings. The summed E-state index contributed by atoms with van der Waals surface area (Å²) in [6.07, 6.45) is 3.71. The molecule has 0 heterocycles. The lowest BCUT2D eigenvalue weighted by Crippen LogP contribution is -2.22. The van der Waals surface area contributed by atoms with Gasteiger partial charge in [-0.1, -0.05) is 31.2 Å². The van der Waals surface area contributed by atoms with Gasteiger partial charge in [0.2, 0.25) is 0 Å². The zero-order valence-electron chi connectivity index (χ0n) is 15.8. The molecule has 0 fully saturated rings. The number of benzene rings is 1. The minimum absolute atomic E-state index is 0. The lowest BCUT2D eigenvalue weighted by Gasteiger charge is -2.09. The van der Waals surface area contributed by atoms with Crippen LogP contribution in [0.2, 0.25) is 0 Å². The molecule has 0 bridgehead atoms. The molecule has 0 saturated heterocycles. The number of aliphatic hydroxyl groups is 1. The summed E-state index contributed by atoms with van der Waals surface area (Å²) in [5.74, 6) is 0. The quantitative estimate of drug-likeness (QED) is 0.341. The van der Waals surface area contributed by atoms with Crippen LogP contribution >= 0.6 is 0 Å². The summed E-state index contributed by atoms with van der Waals surface area (Å²) in [6, 6.07) is 8.63. The molecule has 1 aromatic carbocycles. The second kappa shape index (κ2) is 13.3. The molecule has 0 radical (unpaired) electrons. The first-order valence-electron chi connectivity index (χ1n) is 8.70. The molecule has 1 rings (SSSR count). The fraction of sp³-hybridized carbons (Fsp3) is 0.684. The molecule has 1 atom stereocenters. The number of hydrogen-bond acceptors (Lipinski definition) is 5. The van der Waals surface area contributed by atoms with E-state index < -0.39 is 5.60 Å². The molecule has 5 heteroatoms. The summed E-state index contributed by atoms with van der Waals surface area (Å²) in [6.45, 7) is 10.5. The molecule has 0 aliphatic heterocycles. The van der Waals surface area contributed by atoms with E-state index in [4.69, 9.17) is 20.1 Å². The third-order valence-electron chi connectivity index (χ3n) is 2.95. The summed E-state index contributed by atoms with van der Waals surface area (Å²) in [5.41, 5.74) is 4.29. The number of aryl methyl sites for hydroxylation is 1. The van der Waals surface area contributed by atoms with Gasteiger partial charge in [0.1, 0.15) is 0 Å². The van der Waals surface area contributed by atoms with Gasteiger partial charge in [-0.3, -0.25) is 0 Å². The third-order valence-corrected chi connectivity index (χ3v) is 2.95. The van der Waals surface area contributed by atoms with E-state index >= 15 is 0 Å². The molecule has 0 unspecified atom stereocenters. The molecular formula is C19H37NO4. The topological polar surface area (TPSA) is 71.0 Å². The maximum Gasteiger partial charge on any atom is 0.0862 e. The van der Waals surface area contributed by atoms with Gasteiger partial charge in [0.25, 0.3) is 0 Å². The highest BCUT2D eigenvalue weighted by atomic mass is 17.2. The fourth-order valence-electron chi connectivity index (χ4n) is 1.68. The van der Waals surface area contributed by atoms with Crippen molar-refractivity contribution in [2.45, 2.75) is 71.9 Å². The van der Waals surface area contributed by atoms with Crippen molar-refractivity contribution in [1.82, 2.24) is 5.48 Å². The van der Waals surface area contributed by atoms with Gasteiger partial charge in [-0.2, -0.15) is 0 Å². The van der Waals surface area contributed by atoms with E-state index in [1.165, 1.54) is 11.1 Å². The van der Waals surface area contributed by atoms with Crippen molar-refractivity contribution in [2.75, 3.05) is 13.2 Å². The van der Waals surface area contributed by atoms with Gasteiger partial charge in [0.05, 0.1) is 18.8 Å². The Bertz CT molecular complexity index is 401. The van der Waals surface area contributed by atoms with Crippen LogP contribution in [-0.4, -0.2) is 35.2 Å². The van der Waals surface area contributed by atoms with Crippen molar-refractivity contribution in [1.29, 1.82) is 0 Å². The maximum atomic E-state index is 8.74. The van der Waals surface area contributed by atoms with Crippen LogP contribution in [0.3, 0.4) is 0 Å². The van der Waals surface area contributed by atoms with Crippen molar-refractivity contribution in [3.05, 3.63) is 35.4 Å². The lowest BCUT2D eigenvalue weighted by molar-refractivity contribution is -0.293. The van der Waals surface area contributed by atoms with E-state index in [9.17, 15) is 0 Å². The van der Waals surface area contributed by atoms with Crippen LogP contribution in [0.1, 0.15) is 60.0 Å². The summed E-state index contributed by atoms with van der Waals surface area (Å²) < 4.78 is 0. The van der Waals surface area contributed by atoms with Crippen molar-refractivity contribution in [2.24, 2.45) is 0 Å². The number of nitrogens with one attached hydrogen (secondary N) is 1. The zero-order valence-corrected chi connectivity index (χ0v) is 15.8. The Morgan fingerprint density at radius 1 is 1.04 bits per heavy atom.